The Balaban J connectivity index is 1.61. The number of carbonyl (C=O) groups excluding carboxylic acids is 2. The lowest BCUT2D eigenvalue weighted by molar-refractivity contribution is -0.127. The lowest BCUT2D eigenvalue weighted by Gasteiger charge is -2.24. The first-order chi connectivity index (χ1) is 14.5. The number of benzene rings is 1. The van der Waals surface area contributed by atoms with Gasteiger partial charge in [-0.2, -0.15) is 0 Å². The number of hydrogen-bond donors (Lipinski definition) is 1. The van der Waals surface area contributed by atoms with E-state index in [4.69, 9.17) is 4.98 Å². The molecule has 1 aromatic carbocycles. The zero-order chi connectivity index (χ0) is 21.3. The molecule has 3 aromatic rings. The smallest absolute Gasteiger partial charge is 0.232 e. The summed E-state index contributed by atoms with van der Waals surface area (Å²) in [6, 6.07) is 13.4. The standard InChI is InChI=1S/C23H24N4O2S/c1-14(2)21-19(15-8-5-4-6-9-15)25-23(30-21)26-22(29)17-12-18(28)27(3)20(17)16-10-7-11-24-13-16/h4-11,13-14,17,20H,12H2,1-3H3,(H,25,26,29). The Labute approximate surface area is 180 Å². The van der Waals surface area contributed by atoms with Crippen LogP contribution < -0.4 is 5.32 Å². The van der Waals surface area contributed by atoms with E-state index in [0.717, 1.165) is 21.7 Å². The number of hydrogen-bond acceptors (Lipinski definition) is 5. The molecule has 1 N–H and O–H groups in total. The van der Waals surface area contributed by atoms with Gasteiger partial charge >= 0.3 is 0 Å². The predicted molar refractivity (Wildman–Crippen MR) is 118 cm³/mol. The SMILES string of the molecule is CC(C)c1sc(NC(=O)C2CC(=O)N(C)C2c2cccnc2)nc1-c1ccccc1. The molecule has 1 aliphatic heterocycles. The van der Waals surface area contributed by atoms with Crippen molar-refractivity contribution < 1.29 is 9.59 Å². The maximum Gasteiger partial charge on any atom is 0.232 e. The van der Waals surface area contributed by atoms with Gasteiger partial charge in [-0.1, -0.05) is 50.2 Å². The van der Waals surface area contributed by atoms with Crippen LogP contribution in [0, 0.1) is 5.92 Å². The second-order valence-corrected chi connectivity index (χ2v) is 8.82. The molecule has 4 rings (SSSR count). The zero-order valence-corrected chi connectivity index (χ0v) is 18.0. The summed E-state index contributed by atoms with van der Waals surface area (Å²) in [4.78, 5) is 37.2. The number of amides is 2. The summed E-state index contributed by atoms with van der Waals surface area (Å²) in [6.07, 6.45) is 3.58. The van der Waals surface area contributed by atoms with Gasteiger partial charge in [-0.3, -0.25) is 14.6 Å². The first-order valence-corrected chi connectivity index (χ1v) is 10.8. The molecule has 6 nitrogen and oxygen atoms in total. The van der Waals surface area contributed by atoms with Gasteiger partial charge in [0.25, 0.3) is 0 Å². The van der Waals surface area contributed by atoms with Crippen LogP contribution in [0.15, 0.2) is 54.9 Å². The van der Waals surface area contributed by atoms with Crippen molar-refractivity contribution in [1.29, 1.82) is 0 Å². The number of nitrogens with zero attached hydrogens (tertiary/aromatic N) is 3. The fourth-order valence-corrected chi connectivity index (χ4v) is 4.88. The molecular formula is C23H24N4O2S. The molecule has 30 heavy (non-hydrogen) atoms. The van der Waals surface area contributed by atoms with Crippen LogP contribution in [-0.4, -0.2) is 33.7 Å². The number of thiazole rings is 1. The molecule has 1 fully saturated rings. The van der Waals surface area contributed by atoms with Crippen LogP contribution in [0.2, 0.25) is 0 Å². The summed E-state index contributed by atoms with van der Waals surface area (Å²) >= 11 is 1.49. The molecule has 0 saturated carbocycles. The van der Waals surface area contributed by atoms with Crippen molar-refractivity contribution in [3.8, 4) is 11.3 Å². The first kappa shape index (κ1) is 20.2. The Morgan fingerprint density at radius 2 is 1.97 bits per heavy atom. The number of pyridine rings is 1. The molecular weight excluding hydrogens is 396 g/mol. The maximum atomic E-state index is 13.2. The molecule has 154 valence electrons. The summed E-state index contributed by atoms with van der Waals surface area (Å²) in [6.45, 7) is 4.24. The van der Waals surface area contributed by atoms with Gasteiger partial charge in [0.2, 0.25) is 11.8 Å². The number of likely N-dealkylation sites (tertiary alicyclic amines) is 1. The lowest BCUT2D eigenvalue weighted by atomic mass is 9.94. The van der Waals surface area contributed by atoms with Gasteiger partial charge in [-0.15, -0.1) is 11.3 Å². The van der Waals surface area contributed by atoms with E-state index in [2.05, 4.69) is 24.1 Å². The van der Waals surface area contributed by atoms with Gasteiger partial charge in [0.1, 0.15) is 0 Å². The van der Waals surface area contributed by atoms with E-state index in [1.807, 2.05) is 42.5 Å². The predicted octanol–water partition coefficient (Wildman–Crippen LogP) is 4.49. The van der Waals surface area contributed by atoms with Crippen LogP contribution in [0.4, 0.5) is 5.13 Å². The second kappa shape index (κ2) is 8.36. The Morgan fingerprint density at radius 1 is 1.20 bits per heavy atom. The fraction of sp³-hybridized carbons (Fsp3) is 0.304. The maximum absolute atomic E-state index is 13.2. The third-order valence-corrected chi connectivity index (χ3v) is 6.68. The largest absolute Gasteiger partial charge is 0.338 e. The van der Waals surface area contributed by atoms with Gasteiger partial charge in [-0.25, -0.2) is 4.98 Å². The van der Waals surface area contributed by atoms with E-state index >= 15 is 0 Å². The van der Waals surface area contributed by atoms with Crippen LogP contribution in [0.3, 0.4) is 0 Å². The number of anilines is 1. The van der Waals surface area contributed by atoms with Crippen molar-refractivity contribution in [1.82, 2.24) is 14.9 Å². The highest BCUT2D eigenvalue weighted by Crippen LogP contribution is 2.39. The molecule has 1 aliphatic rings. The number of aromatic nitrogens is 2. The quantitative estimate of drug-likeness (QED) is 0.660. The average Bonchev–Trinajstić information content (AvgIpc) is 3.31. The number of carbonyl (C=O) groups is 2. The molecule has 2 amide bonds. The Kier molecular flexibility index (Phi) is 5.63. The highest BCUT2D eigenvalue weighted by Gasteiger charge is 2.43. The van der Waals surface area contributed by atoms with Gasteiger partial charge < -0.3 is 10.2 Å². The molecule has 2 unspecified atom stereocenters. The van der Waals surface area contributed by atoms with Crippen molar-refractivity contribution >= 4 is 28.3 Å². The second-order valence-electron chi connectivity index (χ2n) is 7.79. The Hall–Kier alpha value is -3.06. The van der Waals surface area contributed by atoms with E-state index in [9.17, 15) is 9.59 Å². The van der Waals surface area contributed by atoms with Crippen LogP contribution in [0.1, 0.15) is 42.7 Å². The average molecular weight is 421 g/mol. The molecule has 0 radical (unpaired) electrons. The lowest BCUT2D eigenvalue weighted by Crippen LogP contribution is -2.30. The monoisotopic (exact) mass is 420 g/mol. The van der Waals surface area contributed by atoms with E-state index in [1.54, 1.807) is 24.3 Å². The summed E-state index contributed by atoms with van der Waals surface area (Å²) in [7, 11) is 1.74. The molecule has 0 aliphatic carbocycles. The third kappa shape index (κ3) is 3.85. The van der Waals surface area contributed by atoms with Crippen LogP contribution >= 0.6 is 11.3 Å². The minimum absolute atomic E-state index is 0.0454. The summed E-state index contributed by atoms with van der Waals surface area (Å²) in [5.74, 6) is -0.440. The van der Waals surface area contributed by atoms with E-state index < -0.39 is 5.92 Å². The summed E-state index contributed by atoms with van der Waals surface area (Å²) in [5.41, 5.74) is 2.79. The minimum atomic E-state index is -0.488. The molecule has 3 heterocycles. The van der Waals surface area contributed by atoms with Crippen molar-refractivity contribution in [3.05, 3.63) is 65.3 Å². The van der Waals surface area contributed by atoms with Crippen molar-refractivity contribution in [2.75, 3.05) is 12.4 Å². The Morgan fingerprint density at radius 3 is 2.63 bits per heavy atom. The van der Waals surface area contributed by atoms with Crippen molar-refractivity contribution in [3.63, 3.8) is 0 Å². The first-order valence-electron chi connectivity index (χ1n) is 9.98. The van der Waals surface area contributed by atoms with Gasteiger partial charge in [0, 0.05) is 36.3 Å². The van der Waals surface area contributed by atoms with Crippen LogP contribution in [-0.2, 0) is 9.59 Å². The highest BCUT2D eigenvalue weighted by molar-refractivity contribution is 7.16. The normalized spacial score (nSPS) is 18.8. The number of nitrogens with one attached hydrogen (secondary N) is 1. The van der Waals surface area contributed by atoms with Crippen molar-refractivity contribution in [2.24, 2.45) is 5.92 Å². The van der Waals surface area contributed by atoms with Gasteiger partial charge in [-0.05, 0) is 17.5 Å². The van der Waals surface area contributed by atoms with Crippen LogP contribution in [0.5, 0.6) is 0 Å². The molecule has 0 bridgehead atoms. The molecule has 2 aromatic heterocycles. The molecule has 0 spiro atoms. The molecule has 1 saturated heterocycles. The fourth-order valence-electron chi connectivity index (χ4n) is 3.89. The van der Waals surface area contributed by atoms with Gasteiger partial charge in [0.05, 0.1) is 17.7 Å². The highest BCUT2D eigenvalue weighted by atomic mass is 32.1. The van der Waals surface area contributed by atoms with E-state index in [1.165, 1.54) is 11.3 Å². The summed E-state index contributed by atoms with van der Waals surface area (Å²) < 4.78 is 0. The third-order valence-electron chi connectivity index (χ3n) is 5.40. The zero-order valence-electron chi connectivity index (χ0n) is 17.2. The molecule has 2 atom stereocenters. The van der Waals surface area contributed by atoms with Gasteiger partial charge in [0.15, 0.2) is 5.13 Å². The Bertz CT molecular complexity index is 1050. The topological polar surface area (TPSA) is 75.2 Å². The van der Waals surface area contributed by atoms with E-state index in [-0.39, 0.29) is 30.2 Å². The summed E-state index contributed by atoms with van der Waals surface area (Å²) in [5, 5.41) is 3.54. The van der Waals surface area contributed by atoms with Crippen LogP contribution in [0.25, 0.3) is 11.3 Å². The minimum Gasteiger partial charge on any atom is -0.338 e. The van der Waals surface area contributed by atoms with Crippen molar-refractivity contribution in [2.45, 2.75) is 32.2 Å². The van der Waals surface area contributed by atoms with E-state index in [0.29, 0.717) is 5.13 Å². The number of rotatable bonds is 5. The molecule has 7 heteroatoms.